The van der Waals surface area contributed by atoms with Gasteiger partial charge in [0.25, 0.3) is 5.91 Å². The number of hydrogen-bond acceptors (Lipinski definition) is 3. The third-order valence-electron chi connectivity index (χ3n) is 2.95. The Kier molecular flexibility index (Phi) is 3.33. The van der Waals surface area contributed by atoms with Crippen molar-refractivity contribution in [1.29, 1.82) is 0 Å². The highest BCUT2D eigenvalue weighted by atomic mass is 16.3. The van der Waals surface area contributed by atoms with Crippen LogP contribution >= 0.6 is 0 Å². The Bertz CT molecular complexity index is 687. The highest BCUT2D eigenvalue weighted by Gasteiger charge is 2.16. The molecule has 0 aliphatic heterocycles. The Balaban J connectivity index is 1.77. The van der Waals surface area contributed by atoms with E-state index < -0.39 is 0 Å². The van der Waals surface area contributed by atoms with Gasteiger partial charge in [-0.25, -0.2) is 4.98 Å². The summed E-state index contributed by atoms with van der Waals surface area (Å²) < 4.78 is 5.31. The summed E-state index contributed by atoms with van der Waals surface area (Å²) in [5, 5.41) is 2.79. The normalized spacial score (nSPS) is 10.4. The van der Waals surface area contributed by atoms with Gasteiger partial charge in [0.1, 0.15) is 0 Å². The molecule has 0 saturated carbocycles. The van der Waals surface area contributed by atoms with Gasteiger partial charge < -0.3 is 14.7 Å². The number of amides is 1. The lowest BCUT2D eigenvalue weighted by molar-refractivity contribution is 0.0923. The monoisotopic (exact) mass is 267 g/mol. The van der Waals surface area contributed by atoms with Crippen molar-refractivity contribution in [2.75, 3.05) is 0 Å². The van der Waals surface area contributed by atoms with Gasteiger partial charge in [-0.3, -0.25) is 4.79 Å². The van der Waals surface area contributed by atoms with Crippen LogP contribution in [0.3, 0.4) is 0 Å². The number of imidazole rings is 1. The van der Waals surface area contributed by atoms with E-state index in [4.69, 9.17) is 4.42 Å². The van der Waals surface area contributed by atoms with Crippen molar-refractivity contribution < 1.29 is 9.21 Å². The van der Waals surface area contributed by atoms with Crippen molar-refractivity contribution in [2.45, 2.75) is 6.54 Å². The first kappa shape index (κ1) is 12.2. The predicted octanol–water partition coefficient (Wildman–Crippen LogP) is 2.60. The molecule has 0 fully saturated rings. The fourth-order valence-corrected chi connectivity index (χ4v) is 1.97. The molecule has 5 nitrogen and oxygen atoms in total. The number of carbonyl (C=O) groups excluding carboxylic acids is 1. The Labute approximate surface area is 115 Å². The zero-order valence-electron chi connectivity index (χ0n) is 10.7. The average molecular weight is 267 g/mol. The maximum absolute atomic E-state index is 12.2. The first-order valence-corrected chi connectivity index (χ1v) is 6.23. The van der Waals surface area contributed by atoms with E-state index in [0.717, 1.165) is 16.8 Å². The van der Waals surface area contributed by atoms with Gasteiger partial charge in [-0.2, -0.15) is 0 Å². The molecular weight excluding hydrogens is 254 g/mol. The molecule has 20 heavy (non-hydrogen) atoms. The summed E-state index contributed by atoms with van der Waals surface area (Å²) >= 11 is 0. The van der Waals surface area contributed by atoms with Crippen LogP contribution in [0.4, 0.5) is 0 Å². The summed E-state index contributed by atoms with van der Waals surface area (Å²) in [6, 6.07) is 11.5. The first-order valence-electron chi connectivity index (χ1n) is 6.23. The van der Waals surface area contributed by atoms with Crippen molar-refractivity contribution in [2.24, 2.45) is 0 Å². The molecule has 0 radical (unpaired) electrons. The Morgan fingerprint density at radius 2 is 2.10 bits per heavy atom. The van der Waals surface area contributed by atoms with Crippen molar-refractivity contribution in [3.8, 4) is 11.1 Å². The van der Waals surface area contributed by atoms with Gasteiger partial charge in [-0.05, 0) is 11.6 Å². The Hall–Kier alpha value is -2.82. The fraction of sp³-hybridized carbons (Fsp3) is 0.0667. The lowest BCUT2D eigenvalue weighted by Crippen LogP contribution is -2.23. The number of nitrogens with one attached hydrogen (secondary N) is 2. The highest BCUT2D eigenvalue weighted by Crippen LogP contribution is 2.24. The quantitative estimate of drug-likeness (QED) is 0.763. The van der Waals surface area contributed by atoms with Crippen LogP contribution in [0.5, 0.6) is 0 Å². The molecular formula is C15H13N3O2. The maximum Gasteiger partial charge on any atom is 0.287 e. The van der Waals surface area contributed by atoms with Crippen molar-refractivity contribution in [1.82, 2.24) is 15.3 Å². The van der Waals surface area contributed by atoms with E-state index in [0.29, 0.717) is 12.3 Å². The molecule has 0 unspecified atom stereocenters. The zero-order valence-corrected chi connectivity index (χ0v) is 10.7. The number of rotatable bonds is 4. The second-order valence-electron chi connectivity index (χ2n) is 4.29. The molecule has 1 aromatic carbocycles. The van der Waals surface area contributed by atoms with E-state index in [1.165, 1.54) is 6.26 Å². The summed E-state index contributed by atoms with van der Waals surface area (Å²) in [7, 11) is 0. The van der Waals surface area contributed by atoms with Crippen molar-refractivity contribution >= 4 is 5.91 Å². The lowest BCUT2D eigenvalue weighted by atomic mass is 10.1. The van der Waals surface area contributed by atoms with Crippen LogP contribution in [0.2, 0.25) is 0 Å². The van der Waals surface area contributed by atoms with E-state index in [2.05, 4.69) is 15.3 Å². The Morgan fingerprint density at radius 1 is 1.25 bits per heavy atom. The largest absolute Gasteiger partial charge is 0.459 e. The van der Waals surface area contributed by atoms with E-state index in [9.17, 15) is 4.79 Å². The molecule has 2 N–H and O–H groups in total. The fourth-order valence-electron chi connectivity index (χ4n) is 1.97. The van der Waals surface area contributed by atoms with Crippen LogP contribution in [0.15, 0.2) is 59.6 Å². The molecule has 2 aromatic heterocycles. The van der Waals surface area contributed by atoms with Crippen LogP contribution in [0.25, 0.3) is 11.1 Å². The van der Waals surface area contributed by atoms with Gasteiger partial charge >= 0.3 is 0 Å². The first-order chi connectivity index (χ1) is 9.84. The number of furan rings is 1. The van der Waals surface area contributed by atoms with E-state index >= 15 is 0 Å². The number of aromatic nitrogens is 2. The number of hydrogen-bond donors (Lipinski definition) is 2. The lowest BCUT2D eigenvalue weighted by Gasteiger charge is -2.04. The van der Waals surface area contributed by atoms with Gasteiger partial charge in [0, 0.05) is 11.8 Å². The van der Waals surface area contributed by atoms with Crippen molar-refractivity contribution in [3.63, 3.8) is 0 Å². The molecule has 5 heteroatoms. The topological polar surface area (TPSA) is 70.9 Å². The minimum Gasteiger partial charge on any atom is -0.459 e. The van der Waals surface area contributed by atoms with E-state index in [1.807, 2.05) is 30.3 Å². The molecule has 2 heterocycles. The minimum atomic E-state index is -0.247. The van der Waals surface area contributed by atoms with Crippen LogP contribution < -0.4 is 5.32 Å². The molecule has 1 amide bonds. The summed E-state index contributed by atoms with van der Waals surface area (Å²) in [6.45, 7) is 0.383. The number of benzene rings is 1. The van der Waals surface area contributed by atoms with Gasteiger partial charge in [0.2, 0.25) is 0 Å². The molecule has 3 rings (SSSR count). The van der Waals surface area contributed by atoms with E-state index in [-0.39, 0.29) is 5.91 Å². The summed E-state index contributed by atoms with van der Waals surface area (Å²) in [5.74, 6) is 0.0687. The molecule has 0 bridgehead atoms. The molecule has 0 atom stereocenters. The third-order valence-corrected chi connectivity index (χ3v) is 2.95. The number of carbonyl (C=O) groups is 1. The second-order valence-corrected chi connectivity index (χ2v) is 4.29. The molecule has 3 aromatic rings. The summed E-state index contributed by atoms with van der Waals surface area (Å²) in [4.78, 5) is 19.0. The molecule has 0 aliphatic carbocycles. The van der Waals surface area contributed by atoms with Crippen LogP contribution in [-0.4, -0.2) is 15.9 Å². The van der Waals surface area contributed by atoms with Gasteiger partial charge in [-0.15, -0.1) is 0 Å². The molecule has 100 valence electrons. The minimum absolute atomic E-state index is 0.247. The van der Waals surface area contributed by atoms with Crippen LogP contribution in [0.1, 0.15) is 16.2 Å². The van der Waals surface area contributed by atoms with Crippen molar-refractivity contribution in [3.05, 3.63) is 66.6 Å². The SMILES string of the molecule is O=C(NCc1cnc[nH]1)c1occc1-c1ccccc1. The van der Waals surface area contributed by atoms with Gasteiger partial charge in [0.05, 0.1) is 24.8 Å². The number of H-pyrrole nitrogens is 1. The average Bonchev–Trinajstić information content (AvgIpc) is 3.17. The smallest absolute Gasteiger partial charge is 0.287 e. The predicted molar refractivity (Wildman–Crippen MR) is 73.9 cm³/mol. The van der Waals surface area contributed by atoms with Crippen LogP contribution in [-0.2, 0) is 6.54 Å². The summed E-state index contributed by atoms with van der Waals surface area (Å²) in [6.07, 6.45) is 4.76. The Morgan fingerprint density at radius 3 is 2.85 bits per heavy atom. The second kappa shape index (κ2) is 5.44. The molecule has 0 aliphatic rings. The van der Waals surface area contributed by atoms with Gasteiger partial charge in [0.15, 0.2) is 5.76 Å². The highest BCUT2D eigenvalue weighted by molar-refractivity contribution is 5.98. The molecule has 0 spiro atoms. The summed E-state index contributed by atoms with van der Waals surface area (Å²) in [5.41, 5.74) is 2.58. The van der Waals surface area contributed by atoms with Gasteiger partial charge in [-0.1, -0.05) is 30.3 Å². The number of aromatic amines is 1. The van der Waals surface area contributed by atoms with Crippen LogP contribution in [0, 0.1) is 0 Å². The zero-order chi connectivity index (χ0) is 13.8. The number of nitrogens with zero attached hydrogens (tertiary/aromatic N) is 1. The molecule has 0 saturated heterocycles. The maximum atomic E-state index is 12.2. The van der Waals surface area contributed by atoms with E-state index in [1.54, 1.807) is 18.6 Å². The third kappa shape index (κ3) is 2.47. The standard InChI is InChI=1S/C15H13N3O2/c19-15(17-9-12-8-16-10-18-12)14-13(6-7-20-14)11-4-2-1-3-5-11/h1-8,10H,9H2,(H,16,18)(H,17,19).